The van der Waals surface area contributed by atoms with E-state index in [4.69, 9.17) is 16.0 Å². The van der Waals surface area contributed by atoms with Crippen molar-refractivity contribution >= 4 is 34.4 Å². The molecule has 0 saturated carbocycles. The van der Waals surface area contributed by atoms with E-state index in [2.05, 4.69) is 5.32 Å². The molecule has 1 aromatic heterocycles. The molecule has 1 amide bonds. The van der Waals surface area contributed by atoms with Crippen molar-refractivity contribution in [3.8, 4) is 5.75 Å². The number of rotatable bonds is 7. The number of carbonyl (C=O) groups is 2. The molecule has 1 atom stereocenters. The van der Waals surface area contributed by atoms with Crippen LogP contribution < -0.4 is 10.9 Å². The number of carbonyl (C=O) groups excluding carboxylic acids is 1. The van der Waals surface area contributed by atoms with Crippen LogP contribution >= 0.6 is 11.6 Å². The zero-order valence-corrected chi connectivity index (χ0v) is 16.1. The minimum absolute atomic E-state index is 0.0508. The molecule has 0 saturated heterocycles. The molecule has 2 aromatic rings. The number of fused-ring (bicyclic) bond motifs is 1. The number of phenols is 1. The van der Waals surface area contributed by atoms with Crippen molar-refractivity contribution in [2.45, 2.75) is 46.1 Å². The predicted octanol–water partition coefficient (Wildman–Crippen LogP) is 3.01. The first-order chi connectivity index (χ1) is 12.6. The third kappa shape index (κ3) is 5.01. The first-order valence-electron chi connectivity index (χ1n) is 8.57. The van der Waals surface area contributed by atoms with E-state index in [-0.39, 0.29) is 35.1 Å². The highest BCUT2D eigenvalue weighted by atomic mass is 35.5. The molecular formula is C19H22ClNO6. The fourth-order valence-electron chi connectivity index (χ4n) is 2.88. The van der Waals surface area contributed by atoms with Gasteiger partial charge in [0.1, 0.15) is 17.4 Å². The summed E-state index contributed by atoms with van der Waals surface area (Å²) in [7, 11) is 0. The zero-order chi connectivity index (χ0) is 20.3. The number of hydrogen-bond acceptors (Lipinski definition) is 5. The molecule has 27 heavy (non-hydrogen) atoms. The van der Waals surface area contributed by atoms with Gasteiger partial charge in [0.2, 0.25) is 5.91 Å². The van der Waals surface area contributed by atoms with E-state index in [1.54, 1.807) is 6.92 Å². The Labute approximate surface area is 160 Å². The lowest BCUT2D eigenvalue weighted by molar-refractivity contribution is -0.142. The fourth-order valence-corrected chi connectivity index (χ4v) is 3.05. The van der Waals surface area contributed by atoms with Crippen molar-refractivity contribution < 1.29 is 24.2 Å². The topological polar surface area (TPSA) is 117 Å². The molecule has 0 aliphatic heterocycles. The maximum Gasteiger partial charge on any atom is 0.339 e. The van der Waals surface area contributed by atoms with Gasteiger partial charge in [0.25, 0.3) is 0 Å². The molecule has 0 radical (unpaired) electrons. The molecule has 0 aliphatic rings. The fraction of sp³-hybridized carbons (Fsp3) is 0.421. The molecule has 0 fully saturated rings. The van der Waals surface area contributed by atoms with E-state index in [0.717, 1.165) is 0 Å². The minimum Gasteiger partial charge on any atom is -0.506 e. The average molecular weight is 396 g/mol. The summed E-state index contributed by atoms with van der Waals surface area (Å²) in [6.07, 6.45) is 0.369. The molecule has 0 bridgehead atoms. The lowest BCUT2D eigenvalue weighted by atomic mass is 10.0. The number of hydrogen-bond donors (Lipinski definition) is 3. The second-order valence-electron chi connectivity index (χ2n) is 6.88. The Hall–Kier alpha value is -2.54. The average Bonchev–Trinajstić information content (AvgIpc) is 2.55. The summed E-state index contributed by atoms with van der Waals surface area (Å²) in [5, 5.41) is 22.0. The van der Waals surface area contributed by atoms with Crippen LogP contribution in [0, 0.1) is 12.8 Å². The second-order valence-corrected chi connectivity index (χ2v) is 7.29. The Morgan fingerprint density at radius 3 is 2.56 bits per heavy atom. The van der Waals surface area contributed by atoms with Gasteiger partial charge in [-0.05, 0) is 37.3 Å². The van der Waals surface area contributed by atoms with E-state index in [1.165, 1.54) is 12.1 Å². The molecule has 0 spiro atoms. The molecule has 1 aromatic carbocycles. The molecule has 0 aliphatic carbocycles. The van der Waals surface area contributed by atoms with Crippen LogP contribution in [0.1, 0.15) is 37.8 Å². The number of aryl methyl sites for hydroxylation is 1. The standard InChI is InChI=1S/C19H22ClNO6/c1-9(2)6-14(18(24)25)21-17(23)5-4-11-10(3)12-7-13(20)15(22)8-16(12)27-19(11)26/h7-9,14,22H,4-6H2,1-3H3,(H,21,23)(H,24,25)/t14-/m1/s1. The quantitative estimate of drug-likeness (QED) is 0.620. The van der Waals surface area contributed by atoms with Gasteiger partial charge in [0, 0.05) is 23.4 Å². The molecule has 1 heterocycles. The highest BCUT2D eigenvalue weighted by molar-refractivity contribution is 6.32. The summed E-state index contributed by atoms with van der Waals surface area (Å²) in [4.78, 5) is 35.6. The Kier molecular flexibility index (Phi) is 6.49. The lowest BCUT2D eigenvalue weighted by Gasteiger charge is -2.16. The van der Waals surface area contributed by atoms with Crippen LogP contribution in [0.5, 0.6) is 5.75 Å². The predicted molar refractivity (Wildman–Crippen MR) is 101 cm³/mol. The van der Waals surface area contributed by atoms with Crippen molar-refractivity contribution in [2.75, 3.05) is 0 Å². The van der Waals surface area contributed by atoms with Crippen LogP contribution in [0.15, 0.2) is 21.3 Å². The molecule has 146 valence electrons. The van der Waals surface area contributed by atoms with E-state index >= 15 is 0 Å². The first-order valence-corrected chi connectivity index (χ1v) is 8.95. The summed E-state index contributed by atoms with van der Waals surface area (Å²) in [5.74, 6) is -1.62. The number of benzene rings is 1. The maximum absolute atomic E-state index is 12.2. The van der Waals surface area contributed by atoms with Crippen molar-refractivity contribution in [3.05, 3.63) is 38.7 Å². The molecular weight excluding hydrogens is 374 g/mol. The van der Waals surface area contributed by atoms with Crippen molar-refractivity contribution in [1.29, 1.82) is 0 Å². The van der Waals surface area contributed by atoms with E-state index in [9.17, 15) is 24.6 Å². The minimum atomic E-state index is -1.09. The number of nitrogens with one attached hydrogen (secondary N) is 1. The van der Waals surface area contributed by atoms with Gasteiger partial charge < -0.3 is 19.9 Å². The monoisotopic (exact) mass is 395 g/mol. The largest absolute Gasteiger partial charge is 0.506 e. The number of halogens is 1. The van der Waals surface area contributed by atoms with Gasteiger partial charge in [-0.2, -0.15) is 0 Å². The van der Waals surface area contributed by atoms with Gasteiger partial charge in [-0.3, -0.25) is 4.79 Å². The van der Waals surface area contributed by atoms with Gasteiger partial charge in [-0.1, -0.05) is 25.4 Å². The van der Waals surface area contributed by atoms with Crippen molar-refractivity contribution in [2.24, 2.45) is 5.92 Å². The van der Waals surface area contributed by atoms with Gasteiger partial charge in [-0.25, -0.2) is 9.59 Å². The highest BCUT2D eigenvalue weighted by Crippen LogP contribution is 2.30. The van der Waals surface area contributed by atoms with E-state index < -0.39 is 23.5 Å². The molecule has 8 heteroatoms. The van der Waals surface area contributed by atoms with Gasteiger partial charge >= 0.3 is 11.6 Å². The summed E-state index contributed by atoms with van der Waals surface area (Å²) in [6.45, 7) is 5.45. The summed E-state index contributed by atoms with van der Waals surface area (Å²) >= 11 is 5.92. The summed E-state index contributed by atoms with van der Waals surface area (Å²) < 4.78 is 5.21. The Bertz CT molecular complexity index is 934. The van der Waals surface area contributed by atoms with Gasteiger partial charge in [0.15, 0.2) is 0 Å². The number of aliphatic carboxylic acids is 1. The van der Waals surface area contributed by atoms with Crippen LogP contribution in [0.2, 0.25) is 5.02 Å². The van der Waals surface area contributed by atoms with Crippen molar-refractivity contribution in [1.82, 2.24) is 5.32 Å². The van der Waals surface area contributed by atoms with Gasteiger partial charge in [-0.15, -0.1) is 0 Å². The Balaban J connectivity index is 2.19. The second kappa shape index (κ2) is 8.43. The molecule has 3 N–H and O–H groups in total. The number of phenolic OH excluding ortho intramolecular Hbond substituents is 1. The summed E-state index contributed by atoms with van der Waals surface area (Å²) in [6, 6.07) is 1.80. The molecule has 2 rings (SSSR count). The van der Waals surface area contributed by atoms with Crippen LogP contribution in [0.3, 0.4) is 0 Å². The smallest absolute Gasteiger partial charge is 0.339 e. The molecule has 0 unspecified atom stereocenters. The number of aromatic hydroxyl groups is 1. The zero-order valence-electron chi connectivity index (χ0n) is 15.3. The number of carboxylic acid groups (broad SMARTS) is 1. The van der Waals surface area contributed by atoms with E-state index in [1.807, 2.05) is 13.8 Å². The van der Waals surface area contributed by atoms with Crippen LogP contribution in [0.4, 0.5) is 0 Å². The van der Waals surface area contributed by atoms with Gasteiger partial charge in [0.05, 0.1) is 5.02 Å². The summed E-state index contributed by atoms with van der Waals surface area (Å²) in [5.41, 5.74) is 0.519. The molecule has 7 nitrogen and oxygen atoms in total. The number of amides is 1. The normalized spacial score (nSPS) is 12.3. The third-order valence-corrected chi connectivity index (χ3v) is 4.60. The van der Waals surface area contributed by atoms with Crippen LogP contribution in [-0.2, 0) is 16.0 Å². The van der Waals surface area contributed by atoms with E-state index in [0.29, 0.717) is 22.9 Å². The van der Waals surface area contributed by atoms with Crippen LogP contribution in [-0.4, -0.2) is 28.1 Å². The highest BCUT2D eigenvalue weighted by Gasteiger charge is 2.21. The SMILES string of the molecule is Cc1c(CCC(=O)N[C@H](CC(C)C)C(=O)O)c(=O)oc2cc(O)c(Cl)cc12. The Morgan fingerprint density at radius 1 is 1.30 bits per heavy atom. The third-order valence-electron chi connectivity index (χ3n) is 4.30. The maximum atomic E-state index is 12.2. The number of carboxylic acids is 1. The van der Waals surface area contributed by atoms with Crippen molar-refractivity contribution in [3.63, 3.8) is 0 Å². The first kappa shape index (κ1) is 20.8. The lowest BCUT2D eigenvalue weighted by Crippen LogP contribution is -2.41. The Morgan fingerprint density at radius 2 is 1.96 bits per heavy atom. The van der Waals surface area contributed by atoms with Crippen LogP contribution in [0.25, 0.3) is 11.0 Å².